The van der Waals surface area contributed by atoms with Crippen molar-refractivity contribution in [3.63, 3.8) is 0 Å². The summed E-state index contributed by atoms with van der Waals surface area (Å²) in [6.45, 7) is 4.51. The molecule has 2 N–H and O–H groups in total. The molecule has 0 bridgehead atoms. The number of aliphatic hydroxyl groups is 2. The topological polar surface area (TPSA) is 99.5 Å². The van der Waals surface area contributed by atoms with Crippen LogP contribution in [0.4, 0.5) is 18.9 Å². The fourth-order valence-corrected chi connectivity index (χ4v) is 2.94. The minimum Gasteiger partial charge on any atom is -0.422 e. The van der Waals surface area contributed by atoms with Crippen LogP contribution in [0.5, 0.6) is 0 Å². The highest BCUT2D eigenvalue weighted by molar-refractivity contribution is 6.33. The second-order valence-electron chi connectivity index (χ2n) is 6.62. The summed E-state index contributed by atoms with van der Waals surface area (Å²) in [4.78, 5) is 25.2. The standard InChI is InChI=1S/C19H20ClF3N2O6/c1-4-7-30-18(2,10-26)31-16(28)12-8-11(5-6-13(12)20)25-15(27)9-14(19(21,22)23)24(3)17(25)29/h4-6,8-10,15,17,27,29H,1,7H2,2-3H3. The van der Waals surface area contributed by atoms with Crippen LogP contribution < -0.4 is 4.90 Å². The van der Waals surface area contributed by atoms with Crippen molar-refractivity contribution in [2.75, 3.05) is 18.6 Å². The Balaban J connectivity index is 2.38. The third-order valence-electron chi connectivity index (χ3n) is 4.32. The van der Waals surface area contributed by atoms with Gasteiger partial charge in [0.25, 0.3) is 5.79 Å². The van der Waals surface area contributed by atoms with Gasteiger partial charge < -0.3 is 24.6 Å². The maximum Gasteiger partial charge on any atom is 0.431 e. The first-order valence-corrected chi connectivity index (χ1v) is 9.13. The number of benzene rings is 1. The summed E-state index contributed by atoms with van der Waals surface area (Å²) >= 11 is 6.03. The molecule has 1 aromatic carbocycles. The highest BCUT2D eigenvalue weighted by Crippen LogP contribution is 2.36. The number of carbonyl (C=O) groups excluding carboxylic acids is 2. The lowest BCUT2D eigenvalue weighted by molar-refractivity contribution is -0.182. The number of carbonyl (C=O) groups is 2. The van der Waals surface area contributed by atoms with Gasteiger partial charge in [-0.05, 0) is 24.3 Å². The quantitative estimate of drug-likeness (QED) is 0.275. The molecule has 1 aliphatic heterocycles. The average molecular weight is 465 g/mol. The number of esters is 1. The Kier molecular flexibility index (Phi) is 7.37. The van der Waals surface area contributed by atoms with E-state index in [0.717, 1.165) is 18.0 Å². The lowest BCUT2D eigenvalue weighted by Gasteiger charge is -2.43. The maximum atomic E-state index is 13.1. The SMILES string of the molecule is C=CCOC(C)(C=O)OC(=O)c1cc(N2C(O)C=C(C(F)(F)F)N(C)C2O)ccc1Cl. The zero-order chi connectivity index (χ0) is 23.6. The fraction of sp³-hybridized carbons (Fsp3) is 0.368. The van der Waals surface area contributed by atoms with Crippen LogP contribution >= 0.6 is 11.6 Å². The Morgan fingerprint density at radius 2 is 2.00 bits per heavy atom. The maximum absolute atomic E-state index is 13.1. The zero-order valence-corrected chi connectivity index (χ0v) is 17.2. The van der Waals surface area contributed by atoms with Gasteiger partial charge in [0, 0.05) is 19.7 Å². The lowest BCUT2D eigenvalue weighted by atomic mass is 10.1. The van der Waals surface area contributed by atoms with Crippen molar-refractivity contribution in [1.82, 2.24) is 4.90 Å². The second kappa shape index (κ2) is 9.27. The van der Waals surface area contributed by atoms with Gasteiger partial charge in [-0.1, -0.05) is 17.7 Å². The smallest absolute Gasteiger partial charge is 0.422 e. The number of halogens is 4. The van der Waals surface area contributed by atoms with Gasteiger partial charge in [0.1, 0.15) is 5.70 Å². The number of aldehydes is 1. The van der Waals surface area contributed by atoms with Crippen molar-refractivity contribution in [1.29, 1.82) is 0 Å². The number of anilines is 1. The van der Waals surface area contributed by atoms with E-state index in [-0.39, 0.29) is 29.2 Å². The van der Waals surface area contributed by atoms with Crippen LogP contribution in [0.25, 0.3) is 0 Å². The molecular formula is C19H20ClF3N2O6. The summed E-state index contributed by atoms with van der Waals surface area (Å²) in [5.74, 6) is -3.02. The number of hydrogen-bond donors (Lipinski definition) is 2. The van der Waals surface area contributed by atoms with Crippen LogP contribution in [0.1, 0.15) is 17.3 Å². The monoisotopic (exact) mass is 464 g/mol. The summed E-state index contributed by atoms with van der Waals surface area (Å²) in [6.07, 6.45) is -6.50. The van der Waals surface area contributed by atoms with E-state index in [9.17, 15) is 33.0 Å². The molecule has 0 radical (unpaired) electrons. The predicted octanol–water partition coefficient (Wildman–Crippen LogP) is 2.41. The molecule has 3 atom stereocenters. The van der Waals surface area contributed by atoms with Gasteiger partial charge in [-0.3, -0.25) is 9.69 Å². The Morgan fingerprint density at radius 1 is 1.35 bits per heavy atom. The van der Waals surface area contributed by atoms with Crippen molar-refractivity contribution in [2.24, 2.45) is 0 Å². The van der Waals surface area contributed by atoms with Crippen molar-refractivity contribution in [3.05, 3.63) is 53.2 Å². The molecule has 1 heterocycles. The molecule has 0 aliphatic carbocycles. The molecule has 0 amide bonds. The molecule has 170 valence electrons. The van der Waals surface area contributed by atoms with Gasteiger partial charge in [-0.2, -0.15) is 13.2 Å². The van der Waals surface area contributed by atoms with E-state index in [4.69, 9.17) is 21.1 Å². The van der Waals surface area contributed by atoms with Crippen LogP contribution in [-0.4, -0.2) is 65.6 Å². The van der Waals surface area contributed by atoms with E-state index >= 15 is 0 Å². The van der Waals surface area contributed by atoms with Gasteiger partial charge in [0.05, 0.1) is 17.2 Å². The minimum absolute atomic E-state index is 0.0412. The number of aliphatic hydroxyl groups excluding tert-OH is 2. The highest BCUT2D eigenvalue weighted by Gasteiger charge is 2.44. The number of allylic oxidation sites excluding steroid dienone is 1. The molecule has 0 saturated heterocycles. The summed E-state index contributed by atoms with van der Waals surface area (Å²) in [6, 6.07) is 3.59. The van der Waals surface area contributed by atoms with Gasteiger partial charge in [0.2, 0.25) is 6.35 Å². The molecule has 3 unspecified atom stereocenters. The minimum atomic E-state index is -4.80. The highest BCUT2D eigenvalue weighted by atomic mass is 35.5. The molecule has 1 aliphatic rings. The number of rotatable bonds is 7. The Morgan fingerprint density at radius 3 is 2.55 bits per heavy atom. The average Bonchev–Trinajstić information content (AvgIpc) is 2.69. The summed E-state index contributed by atoms with van der Waals surface area (Å²) in [5, 5.41) is 20.4. The molecule has 2 rings (SSSR count). The third kappa shape index (κ3) is 5.37. The molecule has 0 aromatic heterocycles. The number of hydrogen-bond acceptors (Lipinski definition) is 8. The van der Waals surface area contributed by atoms with E-state index in [1.165, 1.54) is 25.1 Å². The van der Waals surface area contributed by atoms with E-state index in [1.54, 1.807) is 0 Å². The molecule has 0 fully saturated rings. The zero-order valence-electron chi connectivity index (χ0n) is 16.5. The largest absolute Gasteiger partial charge is 0.431 e. The molecule has 31 heavy (non-hydrogen) atoms. The molecular weight excluding hydrogens is 445 g/mol. The molecule has 0 saturated carbocycles. The van der Waals surface area contributed by atoms with Crippen molar-refractivity contribution in [3.8, 4) is 0 Å². The van der Waals surface area contributed by atoms with Crippen molar-refractivity contribution in [2.45, 2.75) is 31.5 Å². The van der Waals surface area contributed by atoms with Crippen LogP contribution in [0.15, 0.2) is 42.6 Å². The van der Waals surface area contributed by atoms with Gasteiger partial charge >= 0.3 is 12.1 Å². The second-order valence-corrected chi connectivity index (χ2v) is 7.02. The van der Waals surface area contributed by atoms with E-state index in [0.29, 0.717) is 11.0 Å². The first kappa shape index (κ1) is 24.7. The number of ether oxygens (including phenoxy) is 2. The third-order valence-corrected chi connectivity index (χ3v) is 4.65. The van der Waals surface area contributed by atoms with Gasteiger partial charge in [0.15, 0.2) is 12.5 Å². The first-order chi connectivity index (χ1) is 14.3. The van der Waals surface area contributed by atoms with Gasteiger partial charge in [-0.25, -0.2) is 4.79 Å². The molecule has 8 nitrogen and oxygen atoms in total. The predicted molar refractivity (Wildman–Crippen MR) is 104 cm³/mol. The first-order valence-electron chi connectivity index (χ1n) is 8.75. The molecule has 12 heteroatoms. The van der Waals surface area contributed by atoms with Crippen molar-refractivity contribution >= 4 is 29.5 Å². The molecule has 0 spiro atoms. The number of alkyl halides is 3. The van der Waals surface area contributed by atoms with Crippen LogP contribution in [-0.2, 0) is 14.3 Å². The Hall–Kier alpha value is -2.60. The van der Waals surface area contributed by atoms with Crippen LogP contribution in [0.2, 0.25) is 5.02 Å². The fourth-order valence-electron chi connectivity index (χ4n) is 2.75. The summed E-state index contributed by atoms with van der Waals surface area (Å²) in [7, 11) is 0.987. The van der Waals surface area contributed by atoms with Crippen LogP contribution in [0.3, 0.4) is 0 Å². The van der Waals surface area contributed by atoms with E-state index in [1.807, 2.05) is 0 Å². The van der Waals surface area contributed by atoms with Crippen LogP contribution in [0, 0.1) is 0 Å². The Labute approximate surface area is 180 Å². The summed E-state index contributed by atoms with van der Waals surface area (Å²) < 4.78 is 49.5. The Bertz CT molecular complexity index is 894. The number of nitrogens with zero attached hydrogens (tertiary/aromatic N) is 2. The van der Waals surface area contributed by atoms with E-state index < -0.39 is 36.2 Å². The lowest BCUT2D eigenvalue weighted by Crippen LogP contribution is -2.56. The molecule has 1 aromatic rings. The van der Waals surface area contributed by atoms with Gasteiger partial charge in [-0.15, -0.1) is 6.58 Å². The normalized spacial score (nSPS) is 21.2. The van der Waals surface area contributed by atoms with E-state index in [2.05, 4.69) is 6.58 Å². The van der Waals surface area contributed by atoms with Crippen molar-refractivity contribution < 1.29 is 42.4 Å². The summed E-state index contributed by atoms with van der Waals surface area (Å²) in [5.41, 5.74) is -1.55.